The van der Waals surface area contributed by atoms with Crippen LogP contribution in [0, 0.1) is 11.8 Å². The third-order valence-electron chi connectivity index (χ3n) is 3.01. The van der Waals surface area contributed by atoms with Gasteiger partial charge in [-0.15, -0.1) is 0 Å². The molecule has 1 unspecified atom stereocenters. The minimum atomic E-state index is -0.0151. The minimum Gasteiger partial charge on any atom is -0.341 e. The molecule has 0 aromatic carbocycles. The van der Waals surface area contributed by atoms with Gasteiger partial charge in [-0.1, -0.05) is 20.8 Å². The van der Waals surface area contributed by atoms with Crippen molar-refractivity contribution in [2.45, 2.75) is 33.6 Å². The van der Waals surface area contributed by atoms with E-state index in [9.17, 15) is 4.79 Å². The monoisotopic (exact) mass is 257 g/mol. The molecule has 2 N–H and O–H groups in total. The minimum absolute atomic E-state index is 0.0151. The van der Waals surface area contributed by atoms with Crippen molar-refractivity contribution >= 4 is 5.91 Å². The zero-order valence-corrected chi connectivity index (χ0v) is 12.8. The van der Waals surface area contributed by atoms with Gasteiger partial charge in [0.25, 0.3) is 0 Å². The Balaban J connectivity index is 4.50. The molecule has 108 valence electrons. The Bertz CT molecular complexity index is 229. The molecule has 0 saturated heterocycles. The van der Waals surface area contributed by atoms with Crippen molar-refractivity contribution < 1.29 is 4.79 Å². The number of likely N-dealkylation sites (N-methyl/N-ethyl adjacent to an activating group) is 1. The van der Waals surface area contributed by atoms with E-state index in [1.165, 1.54) is 0 Å². The van der Waals surface area contributed by atoms with E-state index in [1.807, 2.05) is 19.0 Å². The summed E-state index contributed by atoms with van der Waals surface area (Å²) < 4.78 is 0. The lowest BCUT2D eigenvalue weighted by molar-refractivity contribution is -0.136. The number of carbonyl (C=O) groups is 1. The van der Waals surface area contributed by atoms with Crippen LogP contribution in [0.15, 0.2) is 0 Å². The summed E-state index contributed by atoms with van der Waals surface area (Å²) in [7, 11) is 4.06. The van der Waals surface area contributed by atoms with Crippen LogP contribution >= 0.6 is 0 Å². The number of nitrogens with zero attached hydrogens (tertiary/aromatic N) is 2. The van der Waals surface area contributed by atoms with Gasteiger partial charge < -0.3 is 15.5 Å². The largest absolute Gasteiger partial charge is 0.341 e. The summed E-state index contributed by atoms with van der Waals surface area (Å²) in [6.07, 6.45) is 1.88. The molecule has 0 rings (SSSR count). The molecule has 0 aliphatic heterocycles. The van der Waals surface area contributed by atoms with Gasteiger partial charge in [0.05, 0.1) is 5.92 Å². The van der Waals surface area contributed by atoms with Gasteiger partial charge in [-0.25, -0.2) is 0 Å². The quantitative estimate of drug-likeness (QED) is 0.679. The first-order chi connectivity index (χ1) is 8.42. The highest BCUT2D eigenvalue weighted by Crippen LogP contribution is 2.14. The van der Waals surface area contributed by atoms with E-state index < -0.39 is 0 Å². The highest BCUT2D eigenvalue weighted by Gasteiger charge is 2.23. The van der Waals surface area contributed by atoms with Crippen LogP contribution in [0.2, 0.25) is 0 Å². The van der Waals surface area contributed by atoms with Crippen molar-refractivity contribution in [3.8, 4) is 0 Å². The maximum absolute atomic E-state index is 12.4. The summed E-state index contributed by atoms with van der Waals surface area (Å²) in [5.41, 5.74) is 5.75. The van der Waals surface area contributed by atoms with Gasteiger partial charge in [0, 0.05) is 26.2 Å². The fraction of sp³-hybridized carbons (Fsp3) is 0.929. The van der Waals surface area contributed by atoms with Crippen LogP contribution < -0.4 is 5.73 Å². The van der Waals surface area contributed by atoms with Crippen molar-refractivity contribution in [1.29, 1.82) is 0 Å². The third kappa shape index (κ3) is 6.97. The van der Waals surface area contributed by atoms with E-state index in [2.05, 4.69) is 25.7 Å². The second kappa shape index (κ2) is 9.34. The molecule has 1 amide bonds. The molecule has 0 heterocycles. The van der Waals surface area contributed by atoms with Crippen molar-refractivity contribution in [1.82, 2.24) is 9.80 Å². The van der Waals surface area contributed by atoms with Gasteiger partial charge in [0.15, 0.2) is 0 Å². The van der Waals surface area contributed by atoms with E-state index in [4.69, 9.17) is 5.73 Å². The van der Waals surface area contributed by atoms with Crippen molar-refractivity contribution in [2.24, 2.45) is 17.6 Å². The summed E-state index contributed by atoms with van der Waals surface area (Å²) in [4.78, 5) is 16.5. The molecule has 0 bridgehead atoms. The first-order valence-electron chi connectivity index (χ1n) is 7.05. The SMILES string of the molecule is CCCN(CCN(C)C)C(=O)C(CN)CC(C)C. The summed E-state index contributed by atoms with van der Waals surface area (Å²) in [6.45, 7) is 9.38. The Labute approximate surface area is 113 Å². The van der Waals surface area contributed by atoms with Crippen LogP contribution in [0.5, 0.6) is 0 Å². The fourth-order valence-corrected chi connectivity index (χ4v) is 2.05. The number of nitrogens with two attached hydrogens (primary N) is 1. The van der Waals surface area contributed by atoms with Gasteiger partial charge in [0.2, 0.25) is 5.91 Å². The Morgan fingerprint density at radius 1 is 1.17 bits per heavy atom. The lowest BCUT2D eigenvalue weighted by atomic mass is 9.95. The third-order valence-corrected chi connectivity index (χ3v) is 3.01. The maximum Gasteiger partial charge on any atom is 0.227 e. The van der Waals surface area contributed by atoms with E-state index in [0.29, 0.717) is 12.5 Å². The molecule has 18 heavy (non-hydrogen) atoms. The number of hydrogen-bond acceptors (Lipinski definition) is 3. The zero-order valence-electron chi connectivity index (χ0n) is 12.8. The Hall–Kier alpha value is -0.610. The summed E-state index contributed by atoms with van der Waals surface area (Å²) in [6, 6.07) is 0. The standard InChI is InChI=1S/C14H31N3O/c1-6-7-17(9-8-16(4)5)14(18)13(11-15)10-12(2)3/h12-13H,6-11,15H2,1-5H3. The lowest BCUT2D eigenvalue weighted by Gasteiger charge is -2.28. The average Bonchev–Trinajstić information content (AvgIpc) is 2.30. The second-order valence-electron chi connectivity index (χ2n) is 5.69. The molecular weight excluding hydrogens is 226 g/mol. The zero-order chi connectivity index (χ0) is 14.1. The Kier molecular flexibility index (Phi) is 9.02. The molecule has 1 atom stereocenters. The Morgan fingerprint density at radius 2 is 1.78 bits per heavy atom. The van der Waals surface area contributed by atoms with Crippen LogP contribution in [0.3, 0.4) is 0 Å². The number of rotatable bonds is 9. The first kappa shape index (κ1) is 17.4. The fourth-order valence-electron chi connectivity index (χ4n) is 2.05. The molecule has 0 aromatic heterocycles. The molecule has 4 nitrogen and oxygen atoms in total. The number of carbonyl (C=O) groups excluding carboxylic acids is 1. The van der Waals surface area contributed by atoms with Gasteiger partial charge in [-0.05, 0) is 32.9 Å². The lowest BCUT2D eigenvalue weighted by Crippen LogP contribution is -2.43. The van der Waals surface area contributed by atoms with Crippen LogP contribution in [-0.4, -0.2) is 56.0 Å². The number of hydrogen-bond donors (Lipinski definition) is 1. The summed E-state index contributed by atoms with van der Waals surface area (Å²) in [5, 5.41) is 0. The topological polar surface area (TPSA) is 49.6 Å². The molecule has 0 spiro atoms. The van der Waals surface area contributed by atoms with E-state index >= 15 is 0 Å². The van der Waals surface area contributed by atoms with Gasteiger partial charge >= 0.3 is 0 Å². The van der Waals surface area contributed by atoms with Crippen molar-refractivity contribution in [2.75, 3.05) is 40.3 Å². The number of amides is 1. The first-order valence-corrected chi connectivity index (χ1v) is 7.05. The van der Waals surface area contributed by atoms with Crippen LogP contribution in [-0.2, 0) is 4.79 Å². The van der Waals surface area contributed by atoms with Crippen LogP contribution in [0.25, 0.3) is 0 Å². The predicted octanol–water partition coefficient (Wildman–Crippen LogP) is 1.41. The van der Waals surface area contributed by atoms with E-state index in [0.717, 1.165) is 32.5 Å². The van der Waals surface area contributed by atoms with Crippen molar-refractivity contribution in [3.63, 3.8) is 0 Å². The molecule has 0 aliphatic carbocycles. The van der Waals surface area contributed by atoms with Crippen LogP contribution in [0.1, 0.15) is 33.6 Å². The maximum atomic E-state index is 12.4. The van der Waals surface area contributed by atoms with Gasteiger partial charge in [-0.3, -0.25) is 4.79 Å². The highest BCUT2D eigenvalue weighted by molar-refractivity contribution is 5.79. The van der Waals surface area contributed by atoms with Crippen LogP contribution in [0.4, 0.5) is 0 Å². The Morgan fingerprint density at radius 3 is 2.17 bits per heavy atom. The normalized spacial score (nSPS) is 13.1. The molecule has 0 fully saturated rings. The molecule has 0 aliphatic rings. The smallest absolute Gasteiger partial charge is 0.227 e. The van der Waals surface area contributed by atoms with Gasteiger partial charge in [0.1, 0.15) is 0 Å². The predicted molar refractivity (Wildman–Crippen MR) is 77.4 cm³/mol. The molecule has 0 radical (unpaired) electrons. The molecule has 4 heteroatoms. The van der Waals surface area contributed by atoms with E-state index in [1.54, 1.807) is 0 Å². The van der Waals surface area contributed by atoms with E-state index in [-0.39, 0.29) is 11.8 Å². The summed E-state index contributed by atoms with van der Waals surface area (Å²) in [5.74, 6) is 0.730. The average molecular weight is 257 g/mol. The molecular formula is C14H31N3O. The molecule has 0 saturated carbocycles. The highest BCUT2D eigenvalue weighted by atomic mass is 16.2. The van der Waals surface area contributed by atoms with Gasteiger partial charge in [-0.2, -0.15) is 0 Å². The molecule has 0 aromatic rings. The van der Waals surface area contributed by atoms with Crippen molar-refractivity contribution in [3.05, 3.63) is 0 Å². The second-order valence-corrected chi connectivity index (χ2v) is 5.69. The summed E-state index contributed by atoms with van der Waals surface area (Å²) >= 11 is 0.